The van der Waals surface area contributed by atoms with E-state index in [4.69, 9.17) is 0 Å². The average Bonchev–Trinajstić information content (AvgIpc) is 2.41. The molecule has 1 fully saturated rings. The van der Waals surface area contributed by atoms with Crippen LogP contribution in [0, 0.1) is 5.92 Å². The van der Waals surface area contributed by atoms with Crippen LogP contribution in [0.5, 0.6) is 0 Å². The van der Waals surface area contributed by atoms with Gasteiger partial charge in [-0.15, -0.1) is 0 Å². The molecule has 1 heterocycles. The summed E-state index contributed by atoms with van der Waals surface area (Å²) >= 11 is 0. The predicted molar refractivity (Wildman–Crippen MR) is 44.1 cm³/mol. The molecule has 0 saturated carbocycles. The molecule has 0 aromatic carbocycles. The van der Waals surface area contributed by atoms with Gasteiger partial charge in [-0.1, -0.05) is 6.92 Å². The minimum Gasteiger partial charge on any atom is -0.317 e. The van der Waals surface area contributed by atoms with Crippen LogP contribution in [0.4, 0.5) is 0 Å². The summed E-state index contributed by atoms with van der Waals surface area (Å²) in [6.07, 6.45) is 2.73. The average molecular weight is 142 g/mol. The van der Waals surface area contributed by atoms with Gasteiger partial charge in [-0.3, -0.25) is 0 Å². The molecule has 0 spiro atoms. The van der Waals surface area contributed by atoms with E-state index in [1.807, 2.05) is 0 Å². The monoisotopic (exact) mass is 142 g/mol. The zero-order chi connectivity index (χ0) is 7.23. The smallest absolute Gasteiger partial charge is 0.00196 e. The molecule has 0 bridgehead atoms. The molecule has 0 radical (unpaired) electrons. The highest BCUT2D eigenvalue weighted by Crippen LogP contribution is 2.10. The fourth-order valence-electron chi connectivity index (χ4n) is 1.44. The van der Waals surface area contributed by atoms with Gasteiger partial charge in [0.05, 0.1) is 0 Å². The van der Waals surface area contributed by atoms with Crippen molar-refractivity contribution in [2.75, 3.05) is 26.2 Å². The zero-order valence-electron chi connectivity index (χ0n) is 6.82. The first-order valence-electron chi connectivity index (χ1n) is 4.35. The molecule has 1 aliphatic rings. The first-order chi connectivity index (χ1) is 4.93. The van der Waals surface area contributed by atoms with Crippen molar-refractivity contribution in [3.8, 4) is 0 Å². The van der Waals surface area contributed by atoms with Crippen molar-refractivity contribution < 1.29 is 0 Å². The molecule has 2 nitrogen and oxygen atoms in total. The van der Waals surface area contributed by atoms with Gasteiger partial charge in [-0.2, -0.15) is 0 Å². The molecule has 1 saturated heterocycles. The molecule has 0 aliphatic carbocycles. The van der Waals surface area contributed by atoms with Gasteiger partial charge in [0, 0.05) is 0 Å². The third-order valence-electron chi connectivity index (χ3n) is 2.14. The minimum absolute atomic E-state index is 0.944. The number of hydrogen-bond acceptors (Lipinski definition) is 2. The van der Waals surface area contributed by atoms with Crippen LogP contribution < -0.4 is 10.6 Å². The second-order valence-corrected chi connectivity index (χ2v) is 3.00. The fraction of sp³-hybridized carbons (Fsp3) is 1.00. The Kier molecular flexibility index (Phi) is 3.76. The van der Waals surface area contributed by atoms with Crippen molar-refractivity contribution >= 4 is 0 Å². The van der Waals surface area contributed by atoms with E-state index < -0.39 is 0 Å². The molecule has 1 rings (SSSR count). The lowest BCUT2D eigenvalue weighted by molar-refractivity contribution is 0.506. The zero-order valence-corrected chi connectivity index (χ0v) is 6.82. The summed E-state index contributed by atoms with van der Waals surface area (Å²) in [4.78, 5) is 0. The SMILES string of the molecule is CCNCC[C@@H]1CCNC1. The van der Waals surface area contributed by atoms with Crippen LogP contribution in [0.25, 0.3) is 0 Å². The van der Waals surface area contributed by atoms with Crippen LogP contribution in [-0.2, 0) is 0 Å². The van der Waals surface area contributed by atoms with Crippen LogP contribution in [-0.4, -0.2) is 26.2 Å². The van der Waals surface area contributed by atoms with Gasteiger partial charge in [0.1, 0.15) is 0 Å². The molecule has 0 aromatic rings. The Morgan fingerprint density at radius 2 is 2.50 bits per heavy atom. The Morgan fingerprint density at radius 1 is 1.60 bits per heavy atom. The molecular weight excluding hydrogens is 124 g/mol. The van der Waals surface area contributed by atoms with Gasteiger partial charge in [0.15, 0.2) is 0 Å². The summed E-state index contributed by atoms with van der Waals surface area (Å²) in [5.41, 5.74) is 0. The van der Waals surface area contributed by atoms with Crippen LogP contribution in [0.1, 0.15) is 19.8 Å². The van der Waals surface area contributed by atoms with E-state index >= 15 is 0 Å². The summed E-state index contributed by atoms with van der Waals surface area (Å²) in [7, 11) is 0. The van der Waals surface area contributed by atoms with E-state index in [0.29, 0.717) is 0 Å². The lowest BCUT2D eigenvalue weighted by Crippen LogP contribution is -2.18. The largest absolute Gasteiger partial charge is 0.317 e. The summed E-state index contributed by atoms with van der Waals surface area (Å²) in [6, 6.07) is 0. The molecule has 60 valence electrons. The van der Waals surface area contributed by atoms with Crippen molar-refractivity contribution in [1.29, 1.82) is 0 Å². The third-order valence-corrected chi connectivity index (χ3v) is 2.14. The van der Waals surface area contributed by atoms with Crippen molar-refractivity contribution in [3.63, 3.8) is 0 Å². The maximum atomic E-state index is 3.37. The Bertz CT molecular complexity index is 77.3. The van der Waals surface area contributed by atoms with Gasteiger partial charge in [0.2, 0.25) is 0 Å². The van der Waals surface area contributed by atoms with Crippen LogP contribution in [0.2, 0.25) is 0 Å². The number of nitrogens with one attached hydrogen (secondary N) is 2. The van der Waals surface area contributed by atoms with E-state index in [0.717, 1.165) is 12.5 Å². The van der Waals surface area contributed by atoms with E-state index in [-0.39, 0.29) is 0 Å². The van der Waals surface area contributed by atoms with E-state index in [2.05, 4.69) is 17.6 Å². The van der Waals surface area contributed by atoms with Gasteiger partial charge < -0.3 is 10.6 Å². The van der Waals surface area contributed by atoms with E-state index in [9.17, 15) is 0 Å². The second-order valence-electron chi connectivity index (χ2n) is 3.00. The van der Waals surface area contributed by atoms with Gasteiger partial charge >= 0.3 is 0 Å². The standard InChI is InChI=1S/C8H18N2/c1-2-9-5-3-8-4-6-10-7-8/h8-10H,2-7H2,1H3/t8-/m1/s1. The first kappa shape index (κ1) is 8.02. The van der Waals surface area contributed by atoms with Crippen molar-refractivity contribution in [1.82, 2.24) is 10.6 Å². The Labute approximate surface area is 63.4 Å². The highest BCUT2D eigenvalue weighted by molar-refractivity contribution is 4.71. The van der Waals surface area contributed by atoms with Gasteiger partial charge in [-0.25, -0.2) is 0 Å². The maximum Gasteiger partial charge on any atom is -0.00196 e. The molecular formula is C8H18N2. The summed E-state index contributed by atoms with van der Waals surface area (Å²) < 4.78 is 0. The van der Waals surface area contributed by atoms with Gasteiger partial charge in [-0.05, 0) is 44.9 Å². The molecule has 0 amide bonds. The van der Waals surface area contributed by atoms with Crippen molar-refractivity contribution in [3.05, 3.63) is 0 Å². The third kappa shape index (κ3) is 2.67. The lowest BCUT2D eigenvalue weighted by Gasteiger charge is -2.06. The summed E-state index contributed by atoms with van der Waals surface area (Å²) in [5, 5.41) is 6.72. The Hall–Kier alpha value is -0.0800. The molecule has 0 aromatic heterocycles. The highest BCUT2D eigenvalue weighted by Gasteiger charge is 2.12. The molecule has 1 aliphatic heterocycles. The molecule has 2 heteroatoms. The van der Waals surface area contributed by atoms with E-state index in [1.165, 1.54) is 32.5 Å². The molecule has 2 N–H and O–H groups in total. The van der Waals surface area contributed by atoms with Crippen molar-refractivity contribution in [2.24, 2.45) is 5.92 Å². The first-order valence-corrected chi connectivity index (χ1v) is 4.35. The lowest BCUT2D eigenvalue weighted by atomic mass is 10.1. The van der Waals surface area contributed by atoms with Crippen molar-refractivity contribution in [2.45, 2.75) is 19.8 Å². The summed E-state index contributed by atoms with van der Waals surface area (Å²) in [6.45, 7) is 6.94. The fourth-order valence-corrected chi connectivity index (χ4v) is 1.44. The topological polar surface area (TPSA) is 24.1 Å². The minimum atomic E-state index is 0.944. The predicted octanol–water partition coefficient (Wildman–Crippen LogP) is 0.595. The quantitative estimate of drug-likeness (QED) is 0.562. The van der Waals surface area contributed by atoms with Crippen LogP contribution >= 0.6 is 0 Å². The highest BCUT2D eigenvalue weighted by atomic mass is 14.9. The Morgan fingerprint density at radius 3 is 3.10 bits per heavy atom. The number of hydrogen-bond donors (Lipinski definition) is 2. The summed E-state index contributed by atoms with van der Waals surface area (Å²) in [5.74, 6) is 0.944. The second kappa shape index (κ2) is 4.69. The van der Waals surface area contributed by atoms with Crippen LogP contribution in [0.15, 0.2) is 0 Å². The Balaban J connectivity index is 1.91. The van der Waals surface area contributed by atoms with E-state index in [1.54, 1.807) is 0 Å². The van der Waals surface area contributed by atoms with Crippen LogP contribution in [0.3, 0.4) is 0 Å². The van der Waals surface area contributed by atoms with Gasteiger partial charge in [0.25, 0.3) is 0 Å². The maximum absolute atomic E-state index is 3.37. The molecule has 0 unspecified atom stereocenters. The molecule has 1 atom stereocenters. The number of rotatable bonds is 4. The molecule has 10 heavy (non-hydrogen) atoms. The normalized spacial score (nSPS) is 25.5.